The minimum Gasteiger partial charge on any atom is -0.469 e. The number of benzene rings is 1. The average molecular weight is 523 g/mol. The van der Waals surface area contributed by atoms with E-state index in [0.717, 1.165) is 36.9 Å². The van der Waals surface area contributed by atoms with Crippen molar-refractivity contribution in [2.75, 3.05) is 26.7 Å². The van der Waals surface area contributed by atoms with E-state index in [1.54, 1.807) is 17.0 Å². The maximum Gasteiger partial charge on any atom is 0.307 e. The van der Waals surface area contributed by atoms with Crippen LogP contribution in [-0.4, -0.2) is 65.3 Å². The number of halogens is 3. The van der Waals surface area contributed by atoms with E-state index in [1.807, 2.05) is 22.9 Å². The third kappa shape index (κ3) is 6.62. The number of aromatic nitrogens is 2. The lowest BCUT2D eigenvalue weighted by atomic mass is 10.1. The number of rotatable bonds is 9. The van der Waals surface area contributed by atoms with E-state index in [0.29, 0.717) is 31.0 Å². The molecule has 1 saturated heterocycles. The van der Waals surface area contributed by atoms with E-state index >= 15 is 0 Å². The summed E-state index contributed by atoms with van der Waals surface area (Å²) in [5.41, 5.74) is 1.81. The maximum absolute atomic E-state index is 13.8. The summed E-state index contributed by atoms with van der Waals surface area (Å²) in [6, 6.07) is 8.80. The zero-order chi connectivity index (χ0) is 25.7. The highest BCUT2D eigenvalue weighted by Crippen LogP contribution is 2.36. The number of ether oxygens (including phenoxy) is 1. The molecule has 0 bridgehead atoms. The average Bonchev–Trinajstić information content (AvgIpc) is 3.52. The van der Waals surface area contributed by atoms with Gasteiger partial charge < -0.3 is 10.1 Å². The van der Waals surface area contributed by atoms with Gasteiger partial charge in [0.1, 0.15) is 0 Å². The number of hydrogen-bond acceptors (Lipinski definition) is 5. The van der Waals surface area contributed by atoms with Crippen LogP contribution in [0.3, 0.4) is 0 Å². The van der Waals surface area contributed by atoms with Crippen LogP contribution in [0, 0.1) is 0 Å². The first-order chi connectivity index (χ1) is 17.3. The third-order valence-corrected chi connectivity index (χ3v) is 7.36. The normalized spacial score (nSPS) is 19.2. The molecule has 1 aliphatic carbocycles. The van der Waals surface area contributed by atoms with Gasteiger partial charge in [-0.15, -0.1) is 0 Å². The maximum atomic E-state index is 13.8. The van der Waals surface area contributed by atoms with Gasteiger partial charge in [-0.2, -0.15) is 5.10 Å². The molecule has 1 amide bonds. The van der Waals surface area contributed by atoms with Crippen LogP contribution in [0.15, 0.2) is 30.3 Å². The molecular formula is C26H33ClF2N4O3. The predicted octanol–water partition coefficient (Wildman–Crippen LogP) is 5.10. The lowest BCUT2D eigenvalue weighted by Gasteiger charge is -2.33. The van der Waals surface area contributed by atoms with E-state index in [4.69, 9.17) is 16.3 Å². The highest BCUT2D eigenvalue weighted by atomic mass is 35.5. The molecule has 1 saturated carbocycles. The summed E-state index contributed by atoms with van der Waals surface area (Å²) in [5.74, 6) is -3.60. The van der Waals surface area contributed by atoms with Gasteiger partial charge in [0.25, 0.3) is 11.8 Å². The number of carbonyl (C=O) groups excluding carboxylic acids is 2. The quantitative estimate of drug-likeness (QED) is 0.464. The Bertz CT molecular complexity index is 1070. The molecule has 0 radical (unpaired) electrons. The van der Waals surface area contributed by atoms with Gasteiger partial charge in [0.05, 0.1) is 31.8 Å². The molecule has 2 fully saturated rings. The molecule has 36 heavy (non-hydrogen) atoms. The lowest BCUT2D eigenvalue weighted by Crippen LogP contribution is -2.45. The molecule has 1 aromatic carbocycles. The SMILES string of the molecule is COC(=O)C[C@H](CCN1CCCC(F)(F)C1)NC(=O)c1cc(-c2ccccc2Cl)n(C2CCCC2)n1. The number of hydrogen-bond donors (Lipinski definition) is 1. The van der Waals surface area contributed by atoms with Crippen molar-refractivity contribution in [3.8, 4) is 11.3 Å². The first kappa shape index (κ1) is 26.5. The van der Waals surface area contributed by atoms with E-state index in [-0.39, 0.29) is 31.1 Å². The Balaban J connectivity index is 1.51. The van der Waals surface area contributed by atoms with Crippen LogP contribution in [0.2, 0.25) is 5.02 Å². The third-order valence-electron chi connectivity index (χ3n) is 7.03. The highest BCUT2D eigenvalue weighted by molar-refractivity contribution is 6.33. The molecule has 0 unspecified atom stereocenters. The van der Waals surface area contributed by atoms with Crippen LogP contribution in [0.4, 0.5) is 8.78 Å². The van der Waals surface area contributed by atoms with Crippen molar-refractivity contribution < 1.29 is 23.1 Å². The summed E-state index contributed by atoms with van der Waals surface area (Å²) in [4.78, 5) is 27.0. The van der Waals surface area contributed by atoms with E-state index in [9.17, 15) is 18.4 Å². The number of carbonyl (C=O) groups is 2. The fourth-order valence-corrected chi connectivity index (χ4v) is 5.38. The molecule has 2 aliphatic rings. The zero-order valence-electron chi connectivity index (χ0n) is 20.5. The summed E-state index contributed by atoms with van der Waals surface area (Å²) >= 11 is 6.47. The van der Waals surface area contributed by atoms with Crippen LogP contribution in [0.25, 0.3) is 11.3 Å². The second-order valence-electron chi connectivity index (χ2n) is 9.75. The van der Waals surface area contributed by atoms with E-state index < -0.39 is 23.8 Å². The van der Waals surface area contributed by atoms with Gasteiger partial charge in [0.15, 0.2) is 5.69 Å². The second kappa shape index (κ2) is 11.7. The minimum absolute atomic E-state index is 0.0484. The summed E-state index contributed by atoms with van der Waals surface area (Å²) in [7, 11) is 1.28. The number of nitrogens with one attached hydrogen (secondary N) is 1. The monoisotopic (exact) mass is 522 g/mol. The summed E-state index contributed by atoms with van der Waals surface area (Å²) in [5, 5.41) is 8.12. The molecule has 1 N–H and O–H groups in total. The molecule has 196 valence electrons. The van der Waals surface area contributed by atoms with Crippen molar-refractivity contribution in [3.05, 3.63) is 41.0 Å². The van der Waals surface area contributed by atoms with E-state index in [2.05, 4.69) is 10.4 Å². The Morgan fingerprint density at radius 3 is 2.69 bits per heavy atom. The summed E-state index contributed by atoms with van der Waals surface area (Å²) in [6.45, 7) is 0.610. The van der Waals surface area contributed by atoms with Crippen molar-refractivity contribution in [3.63, 3.8) is 0 Å². The molecule has 1 atom stereocenters. The van der Waals surface area contributed by atoms with Crippen LogP contribution in [-0.2, 0) is 9.53 Å². The summed E-state index contributed by atoms with van der Waals surface area (Å²) in [6.07, 6.45) is 4.77. The van der Waals surface area contributed by atoms with Crippen molar-refractivity contribution >= 4 is 23.5 Å². The number of amides is 1. The number of likely N-dealkylation sites (tertiary alicyclic amines) is 1. The lowest BCUT2D eigenvalue weighted by molar-refractivity contribution is -0.141. The second-order valence-corrected chi connectivity index (χ2v) is 10.2. The van der Waals surface area contributed by atoms with Gasteiger partial charge >= 0.3 is 5.97 Å². The summed E-state index contributed by atoms with van der Waals surface area (Å²) < 4.78 is 34.3. The number of nitrogens with zero attached hydrogens (tertiary/aromatic N) is 3. The fraction of sp³-hybridized carbons (Fsp3) is 0.577. The van der Waals surface area contributed by atoms with Gasteiger partial charge in [-0.05, 0) is 44.4 Å². The largest absolute Gasteiger partial charge is 0.469 e. The van der Waals surface area contributed by atoms with Crippen LogP contribution >= 0.6 is 11.6 Å². The van der Waals surface area contributed by atoms with Crippen LogP contribution < -0.4 is 5.32 Å². The molecule has 7 nitrogen and oxygen atoms in total. The van der Waals surface area contributed by atoms with Crippen molar-refractivity contribution in [2.24, 2.45) is 0 Å². The molecule has 10 heteroatoms. The van der Waals surface area contributed by atoms with Gasteiger partial charge in [0, 0.05) is 29.6 Å². The standard InChI is InChI=1S/C26H33ClF2N4O3/c1-36-24(34)15-18(11-14-32-13-6-12-26(28,29)17-32)30-25(35)22-16-23(20-9-4-5-10-21(20)27)33(31-22)19-7-2-3-8-19/h4-5,9-10,16,18-19H,2-3,6-8,11-15,17H2,1H3,(H,30,35)/t18-/m0/s1. The number of esters is 1. The van der Waals surface area contributed by atoms with Crippen molar-refractivity contribution in [1.82, 2.24) is 20.0 Å². The Kier molecular flexibility index (Phi) is 8.62. The predicted molar refractivity (Wildman–Crippen MR) is 133 cm³/mol. The van der Waals surface area contributed by atoms with Crippen LogP contribution in [0.1, 0.15) is 67.9 Å². The van der Waals surface area contributed by atoms with Gasteiger partial charge in [-0.25, -0.2) is 8.78 Å². The Morgan fingerprint density at radius 1 is 1.25 bits per heavy atom. The Morgan fingerprint density at radius 2 is 2.00 bits per heavy atom. The molecule has 4 rings (SSSR count). The van der Waals surface area contributed by atoms with Gasteiger partial charge in [0.2, 0.25) is 0 Å². The highest BCUT2D eigenvalue weighted by Gasteiger charge is 2.35. The molecule has 2 heterocycles. The minimum atomic E-state index is -2.71. The smallest absolute Gasteiger partial charge is 0.307 e. The molecule has 1 aliphatic heterocycles. The van der Waals surface area contributed by atoms with E-state index in [1.165, 1.54) is 7.11 Å². The Labute approximate surface area is 215 Å². The van der Waals surface area contributed by atoms with Crippen LogP contribution in [0.5, 0.6) is 0 Å². The zero-order valence-corrected chi connectivity index (χ0v) is 21.3. The molecular weight excluding hydrogens is 490 g/mol. The van der Waals surface area contributed by atoms with Crippen molar-refractivity contribution in [1.29, 1.82) is 0 Å². The first-order valence-corrected chi connectivity index (χ1v) is 13.0. The number of piperidine rings is 1. The fourth-order valence-electron chi connectivity index (χ4n) is 5.15. The van der Waals surface area contributed by atoms with Crippen molar-refractivity contribution in [2.45, 2.75) is 69.4 Å². The molecule has 1 aromatic heterocycles. The topological polar surface area (TPSA) is 76.5 Å². The molecule has 2 aromatic rings. The number of methoxy groups -OCH3 is 1. The first-order valence-electron chi connectivity index (χ1n) is 12.6. The number of alkyl halides is 2. The molecule has 0 spiro atoms. The Hall–Kier alpha value is -2.52. The van der Waals surface area contributed by atoms with Gasteiger partial charge in [-0.3, -0.25) is 19.2 Å². The van der Waals surface area contributed by atoms with Gasteiger partial charge in [-0.1, -0.05) is 42.6 Å².